The molecule has 2 amide bonds. The van der Waals surface area contributed by atoms with E-state index in [0.29, 0.717) is 32.7 Å². The van der Waals surface area contributed by atoms with E-state index in [1.54, 1.807) is 4.90 Å². The molecule has 0 radical (unpaired) electrons. The lowest BCUT2D eigenvalue weighted by Gasteiger charge is -2.23. The molecule has 1 aromatic carbocycles. The van der Waals surface area contributed by atoms with Gasteiger partial charge < -0.3 is 20.1 Å². The summed E-state index contributed by atoms with van der Waals surface area (Å²) in [5.41, 5.74) is 0.421. The molecule has 0 spiro atoms. The summed E-state index contributed by atoms with van der Waals surface area (Å²) in [5.74, 6) is -0.653. The summed E-state index contributed by atoms with van der Waals surface area (Å²) < 4.78 is 5.80. The second kappa shape index (κ2) is 8.08. The molecule has 142 valence electrons. The van der Waals surface area contributed by atoms with Crippen LogP contribution in [0.2, 0.25) is 0 Å². The van der Waals surface area contributed by atoms with Crippen molar-refractivity contribution in [2.75, 3.05) is 26.2 Å². The molecule has 1 unspecified atom stereocenters. The molecule has 0 bridgehead atoms. The fourth-order valence-electron chi connectivity index (χ4n) is 4.25. The maximum absolute atomic E-state index is 12.3. The van der Waals surface area contributed by atoms with Crippen molar-refractivity contribution in [3.63, 3.8) is 0 Å². The molecule has 26 heavy (non-hydrogen) atoms. The number of benzene rings is 1. The lowest BCUT2D eigenvalue weighted by atomic mass is 9.81. The van der Waals surface area contributed by atoms with E-state index in [0.717, 1.165) is 24.8 Å². The summed E-state index contributed by atoms with van der Waals surface area (Å²) in [6, 6.07) is 9.88. The quantitative estimate of drug-likeness (QED) is 0.733. The normalized spacial score (nSPS) is 25.7. The fourth-order valence-corrected chi connectivity index (χ4v) is 4.25. The monoisotopic (exact) mass is 360 g/mol. The van der Waals surface area contributed by atoms with Gasteiger partial charge in [0.25, 0.3) is 0 Å². The Labute approximate surface area is 154 Å². The number of rotatable bonds is 7. The zero-order chi connectivity index (χ0) is 18.6. The van der Waals surface area contributed by atoms with E-state index in [-0.39, 0.29) is 18.1 Å². The molecule has 6 heteroatoms. The third kappa shape index (κ3) is 3.85. The van der Waals surface area contributed by atoms with Gasteiger partial charge in [0.1, 0.15) is 0 Å². The molecule has 2 N–H and O–H groups in total. The Hall–Kier alpha value is -2.08. The summed E-state index contributed by atoms with van der Waals surface area (Å²) in [5, 5.41) is 12.5. The summed E-state index contributed by atoms with van der Waals surface area (Å²) in [4.78, 5) is 25.7. The van der Waals surface area contributed by atoms with Gasteiger partial charge in [-0.1, -0.05) is 36.8 Å². The number of likely N-dealkylation sites (tertiary alicyclic amines) is 1. The van der Waals surface area contributed by atoms with Crippen LogP contribution in [-0.2, 0) is 9.53 Å². The third-order valence-electron chi connectivity index (χ3n) is 5.82. The molecule has 1 aromatic rings. The SMILES string of the molecule is CC(OCCCNC(=O)N1C[C@@H]2CCC[C@@]2(C(=O)O)C1)c1ccccc1. The number of nitrogens with one attached hydrogen (secondary N) is 1. The number of carbonyl (C=O) groups is 2. The first-order chi connectivity index (χ1) is 12.5. The van der Waals surface area contributed by atoms with E-state index in [1.807, 2.05) is 37.3 Å². The highest BCUT2D eigenvalue weighted by Gasteiger charge is 2.55. The van der Waals surface area contributed by atoms with E-state index < -0.39 is 11.4 Å². The molecular weight excluding hydrogens is 332 g/mol. The smallest absolute Gasteiger partial charge is 0.317 e. The Kier molecular flexibility index (Phi) is 5.81. The van der Waals surface area contributed by atoms with E-state index in [4.69, 9.17) is 4.74 Å². The zero-order valence-corrected chi connectivity index (χ0v) is 15.3. The topological polar surface area (TPSA) is 78.9 Å². The van der Waals surface area contributed by atoms with Crippen LogP contribution in [-0.4, -0.2) is 48.2 Å². The highest BCUT2D eigenvalue weighted by atomic mass is 16.5. The molecule has 1 saturated carbocycles. The molecule has 1 saturated heterocycles. The first-order valence-electron chi connectivity index (χ1n) is 9.45. The Balaban J connectivity index is 1.37. The number of carboxylic acids is 1. The van der Waals surface area contributed by atoms with Crippen LogP contribution >= 0.6 is 0 Å². The molecule has 1 aliphatic heterocycles. The highest BCUT2D eigenvalue weighted by molar-refractivity contribution is 5.80. The maximum atomic E-state index is 12.3. The number of amides is 2. The van der Waals surface area contributed by atoms with Crippen LogP contribution in [0.5, 0.6) is 0 Å². The number of hydrogen-bond acceptors (Lipinski definition) is 3. The third-order valence-corrected chi connectivity index (χ3v) is 5.82. The summed E-state index contributed by atoms with van der Waals surface area (Å²) >= 11 is 0. The Bertz CT molecular complexity index is 636. The van der Waals surface area contributed by atoms with Gasteiger partial charge in [-0.25, -0.2) is 4.79 Å². The average molecular weight is 360 g/mol. The van der Waals surface area contributed by atoms with Gasteiger partial charge in [-0.05, 0) is 37.7 Å². The number of nitrogens with zero attached hydrogens (tertiary/aromatic N) is 1. The molecule has 1 aliphatic carbocycles. The van der Waals surface area contributed by atoms with Crippen molar-refractivity contribution < 1.29 is 19.4 Å². The van der Waals surface area contributed by atoms with Crippen molar-refractivity contribution in [3.8, 4) is 0 Å². The second-order valence-corrected chi connectivity index (χ2v) is 7.44. The average Bonchev–Trinajstić information content (AvgIpc) is 3.20. The first kappa shape index (κ1) is 18.7. The standard InChI is InChI=1S/C20H28N2O4/c1-15(16-7-3-2-4-8-16)26-12-6-11-21-19(25)22-13-17-9-5-10-20(17,14-22)18(23)24/h2-4,7-8,15,17H,5-6,9-14H2,1H3,(H,21,25)(H,23,24)/t15?,17-,20+/m0/s1. The summed E-state index contributed by atoms with van der Waals surface area (Å²) in [7, 11) is 0. The van der Waals surface area contributed by atoms with Crippen LogP contribution in [0.25, 0.3) is 0 Å². The van der Waals surface area contributed by atoms with Gasteiger partial charge in [-0.2, -0.15) is 0 Å². The molecular formula is C20H28N2O4. The summed E-state index contributed by atoms with van der Waals surface area (Å²) in [6.07, 6.45) is 3.29. The van der Waals surface area contributed by atoms with Crippen LogP contribution in [0.3, 0.4) is 0 Å². The van der Waals surface area contributed by atoms with Crippen molar-refractivity contribution in [2.24, 2.45) is 11.3 Å². The van der Waals surface area contributed by atoms with Crippen molar-refractivity contribution in [1.82, 2.24) is 10.2 Å². The van der Waals surface area contributed by atoms with Crippen molar-refractivity contribution in [3.05, 3.63) is 35.9 Å². The van der Waals surface area contributed by atoms with Gasteiger partial charge in [0.05, 0.1) is 11.5 Å². The predicted molar refractivity (Wildman–Crippen MR) is 97.8 cm³/mol. The molecule has 0 aromatic heterocycles. The Morgan fingerprint density at radius 1 is 1.38 bits per heavy atom. The number of ether oxygens (including phenoxy) is 1. The Morgan fingerprint density at radius 2 is 2.15 bits per heavy atom. The van der Waals surface area contributed by atoms with Gasteiger partial charge >= 0.3 is 12.0 Å². The van der Waals surface area contributed by atoms with Crippen LogP contribution in [0.15, 0.2) is 30.3 Å². The molecule has 6 nitrogen and oxygen atoms in total. The summed E-state index contributed by atoms with van der Waals surface area (Å²) in [6.45, 7) is 4.00. The number of hydrogen-bond donors (Lipinski definition) is 2. The fraction of sp³-hybridized carbons (Fsp3) is 0.600. The van der Waals surface area contributed by atoms with Gasteiger partial charge in [-0.3, -0.25) is 4.79 Å². The van der Waals surface area contributed by atoms with E-state index >= 15 is 0 Å². The lowest BCUT2D eigenvalue weighted by molar-refractivity contribution is -0.149. The van der Waals surface area contributed by atoms with E-state index in [1.165, 1.54) is 0 Å². The van der Waals surface area contributed by atoms with Crippen molar-refractivity contribution >= 4 is 12.0 Å². The van der Waals surface area contributed by atoms with Crippen LogP contribution in [0.1, 0.15) is 44.3 Å². The number of carboxylic acid groups (broad SMARTS) is 1. The Morgan fingerprint density at radius 3 is 2.85 bits per heavy atom. The highest BCUT2D eigenvalue weighted by Crippen LogP contribution is 2.48. The van der Waals surface area contributed by atoms with Crippen LogP contribution in [0, 0.1) is 11.3 Å². The molecule has 2 fully saturated rings. The molecule has 1 heterocycles. The maximum Gasteiger partial charge on any atom is 0.317 e. The molecule has 3 rings (SSSR count). The zero-order valence-electron chi connectivity index (χ0n) is 15.3. The van der Waals surface area contributed by atoms with Gasteiger partial charge in [-0.15, -0.1) is 0 Å². The minimum Gasteiger partial charge on any atom is -0.481 e. The van der Waals surface area contributed by atoms with Crippen molar-refractivity contribution in [1.29, 1.82) is 0 Å². The number of aliphatic carboxylic acids is 1. The van der Waals surface area contributed by atoms with Crippen LogP contribution in [0.4, 0.5) is 4.79 Å². The second-order valence-electron chi connectivity index (χ2n) is 7.44. The largest absolute Gasteiger partial charge is 0.481 e. The minimum absolute atomic E-state index is 0.0280. The van der Waals surface area contributed by atoms with Gasteiger partial charge in [0.2, 0.25) is 0 Å². The number of carbonyl (C=O) groups excluding carboxylic acids is 1. The van der Waals surface area contributed by atoms with E-state index in [9.17, 15) is 14.7 Å². The molecule has 2 aliphatic rings. The minimum atomic E-state index is -0.751. The van der Waals surface area contributed by atoms with E-state index in [2.05, 4.69) is 5.32 Å². The van der Waals surface area contributed by atoms with Crippen LogP contribution < -0.4 is 5.32 Å². The predicted octanol–water partition coefficient (Wildman–Crippen LogP) is 3.05. The number of urea groups is 1. The number of fused-ring (bicyclic) bond motifs is 1. The van der Waals surface area contributed by atoms with Crippen molar-refractivity contribution in [2.45, 2.75) is 38.7 Å². The first-order valence-corrected chi connectivity index (χ1v) is 9.45. The van der Waals surface area contributed by atoms with Gasteiger partial charge in [0, 0.05) is 26.2 Å². The van der Waals surface area contributed by atoms with Gasteiger partial charge in [0.15, 0.2) is 0 Å². The molecule has 3 atom stereocenters. The lowest BCUT2D eigenvalue weighted by Crippen LogP contribution is -2.42.